The third kappa shape index (κ3) is 5.13. The van der Waals surface area contributed by atoms with Crippen molar-refractivity contribution in [2.24, 2.45) is 0 Å². The molecule has 0 unspecified atom stereocenters. The molecule has 1 heterocycles. The average Bonchev–Trinajstić information content (AvgIpc) is 3.02. The molecule has 0 radical (unpaired) electrons. The molecule has 0 aliphatic heterocycles. The first-order chi connectivity index (χ1) is 14.5. The van der Waals surface area contributed by atoms with Gasteiger partial charge in [0, 0.05) is 17.8 Å². The molecular weight excluding hydrogens is 431 g/mol. The number of hydrogen-bond donors (Lipinski definition) is 1. The summed E-state index contributed by atoms with van der Waals surface area (Å²) in [5, 5.41) is 7.10. The molecule has 0 atom stereocenters. The van der Waals surface area contributed by atoms with Crippen molar-refractivity contribution >= 4 is 15.7 Å². The van der Waals surface area contributed by atoms with Crippen LogP contribution in [-0.2, 0) is 22.9 Å². The molecule has 1 amide bonds. The Morgan fingerprint density at radius 1 is 1.03 bits per heavy atom. The van der Waals surface area contributed by atoms with Gasteiger partial charge in [0.1, 0.15) is 0 Å². The van der Waals surface area contributed by atoms with Gasteiger partial charge in [-0.15, -0.1) is 0 Å². The largest absolute Gasteiger partial charge is 0.501 e. The number of carbonyl (C=O) groups excluding carboxylic acids is 1. The minimum atomic E-state index is -5.45. The zero-order valence-electron chi connectivity index (χ0n) is 16.8. The lowest BCUT2D eigenvalue weighted by atomic mass is 10.1. The van der Waals surface area contributed by atoms with E-state index >= 15 is 0 Å². The minimum absolute atomic E-state index is 0.0555. The fraction of sp³-hybridized carbons (Fsp3) is 0.238. The molecule has 164 valence electrons. The summed E-state index contributed by atoms with van der Waals surface area (Å²) in [5.41, 5.74) is -1.54. The van der Waals surface area contributed by atoms with E-state index in [0.717, 1.165) is 46.8 Å². The van der Waals surface area contributed by atoms with Crippen molar-refractivity contribution < 1.29 is 26.4 Å². The number of nitrogens with zero attached hydrogens (tertiary/aromatic N) is 2. The van der Waals surface area contributed by atoms with Crippen LogP contribution in [0.3, 0.4) is 0 Å². The lowest BCUT2D eigenvalue weighted by Gasteiger charge is -2.10. The Hall–Kier alpha value is -3.14. The van der Waals surface area contributed by atoms with Gasteiger partial charge in [0.2, 0.25) is 0 Å². The third-order valence-electron chi connectivity index (χ3n) is 4.61. The summed E-state index contributed by atoms with van der Waals surface area (Å²) in [6.45, 7) is 4.67. The lowest BCUT2D eigenvalue weighted by Crippen LogP contribution is -2.24. The minimum Gasteiger partial charge on any atom is -0.348 e. The zero-order valence-corrected chi connectivity index (χ0v) is 17.6. The molecule has 3 aromatic rings. The first kappa shape index (κ1) is 22.5. The number of amides is 1. The van der Waals surface area contributed by atoms with Gasteiger partial charge in [0.05, 0.1) is 17.1 Å². The standard InChI is InChI=1S/C21H20F3N3O3S/c1-14-10-15(2)27(26-14)13-17-5-3-4-16(11-17)12-25-20(28)18-6-8-19(9-7-18)31(29,30)21(22,23)24/h3-11H,12-13H2,1-2H3,(H,25,28). The van der Waals surface area contributed by atoms with Gasteiger partial charge in [-0.2, -0.15) is 18.3 Å². The van der Waals surface area contributed by atoms with Crippen molar-refractivity contribution in [1.82, 2.24) is 15.1 Å². The number of halogens is 3. The predicted molar refractivity (Wildman–Crippen MR) is 108 cm³/mol. The third-order valence-corrected chi connectivity index (χ3v) is 6.11. The number of rotatable bonds is 6. The molecule has 2 aromatic carbocycles. The van der Waals surface area contributed by atoms with Crippen LogP contribution in [-0.4, -0.2) is 29.6 Å². The highest BCUT2D eigenvalue weighted by molar-refractivity contribution is 7.92. The second-order valence-electron chi connectivity index (χ2n) is 7.06. The molecule has 0 saturated carbocycles. The molecule has 0 bridgehead atoms. The Bertz CT molecular complexity index is 1200. The van der Waals surface area contributed by atoms with Crippen LogP contribution in [0.2, 0.25) is 0 Å². The summed E-state index contributed by atoms with van der Waals surface area (Å²) in [5.74, 6) is -0.528. The van der Waals surface area contributed by atoms with Crippen molar-refractivity contribution in [3.63, 3.8) is 0 Å². The van der Waals surface area contributed by atoms with Crippen molar-refractivity contribution in [3.05, 3.63) is 82.7 Å². The van der Waals surface area contributed by atoms with Gasteiger partial charge in [-0.25, -0.2) is 8.42 Å². The molecule has 0 aliphatic rings. The van der Waals surface area contributed by atoms with E-state index in [0.29, 0.717) is 6.54 Å². The summed E-state index contributed by atoms with van der Waals surface area (Å²) in [6.07, 6.45) is 0. The predicted octanol–water partition coefficient (Wildman–Crippen LogP) is 3.77. The average molecular weight is 451 g/mol. The van der Waals surface area contributed by atoms with Crippen LogP contribution in [0.15, 0.2) is 59.5 Å². The van der Waals surface area contributed by atoms with E-state index in [4.69, 9.17) is 0 Å². The highest BCUT2D eigenvalue weighted by atomic mass is 32.2. The topological polar surface area (TPSA) is 81.1 Å². The molecule has 0 aliphatic carbocycles. The van der Waals surface area contributed by atoms with E-state index in [9.17, 15) is 26.4 Å². The number of benzene rings is 2. The highest BCUT2D eigenvalue weighted by Gasteiger charge is 2.46. The molecule has 10 heteroatoms. The Kier molecular flexibility index (Phi) is 6.21. The summed E-state index contributed by atoms with van der Waals surface area (Å²) in [7, 11) is -5.45. The van der Waals surface area contributed by atoms with Crippen LogP contribution in [0.5, 0.6) is 0 Å². The van der Waals surface area contributed by atoms with Gasteiger partial charge in [-0.3, -0.25) is 9.48 Å². The van der Waals surface area contributed by atoms with Crippen molar-refractivity contribution in [2.45, 2.75) is 37.3 Å². The van der Waals surface area contributed by atoms with Gasteiger partial charge in [-0.05, 0) is 55.3 Å². The number of carbonyl (C=O) groups is 1. The molecule has 0 saturated heterocycles. The Labute approximate surface area is 177 Å². The molecule has 1 N–H and O–H groups in total. The number of nitrogens with one attached hydrogen (secondary N) is 1. The van der Waals surface area contributed by atoms with Crippen LogP contribution >= 0.6 is 0 Å². The zero-order chi connectivity index (χ0) is 22.8. The first-order valence-electron chi connectivity index (χ1n) is 9.26. The number of sulfone groups is 1. The molecule has 1 aromatic heterocycles. The second-order valence-corrected chi connectivity index (χ2v) is 9.00. The van der Waals surface area contributed by atoms with Gasteiger partial charge in [-0.1, -0.05) is 24.3 Å². The monoisotopic (exact) mass is 451 g/mol. The lowest BCUT2D eigenvalue weighted by molar-refractivity contribution is -0.0436. The van der Waals surface area contributed by atoms with Crippen molar-refractivity contribution in [1.29, 1.82) is 0 Å². The summed E-state index contributed by atoms with van der Waals surface area (Å²) < 4.78 is 62.5. The molecule has 3 rings (SSSR count). The van der Waals surface area contributed by atoms with Gasteiger partial charge in [0.15, 0.2) is 0 Å². The summed E-state index contributed by atoms with van der Waals surface area (Å²) in [6, 6.07) is 13.2. The van der Waals surface area contributed by atoms with Gasteiger partial charge < -0.3 is 5.32 Å². The normalized spacial score (nSPS) is 12.0. The smallest absolute Gasteiger partial charge is 0.348 e. The number of aromatic nitrogens is 2. The van der Waals surface area contributed by atoms with E-state index in [-0.39, 0.29) is 12.1 Å². The fourth-order valence-electron chi connectivity index (χ4n) is 3.05. The molecule has 6 nitrogen and oxygen atoms in total. The molecular formula is C21H20F3N3O3S. The molecule has 31 heavy (non-hydrogen) atoms. The summed E-state index contributed by atoms with van der Waals surface area (Å²) in [4.78, 5) is 11.4. The Morgan fingerprint density at radius 2 is 1.68 bits per heavy atom. The van der Waals surface area contributed by atoms with Crippen molar-refractivity contribution in [2.75, 3.05) is 0 Å². The Morgan fingerprint density at radius 3 is 2.26 bits per heavy atom. The molecule has 0 spiro atoms. The van der Waals surface area contributed by atoms with Gasteiger partial charge >= 0.3 is 5.51 Å². The van der Waals surface area contributed by atoms with Crippen LogP contribution in [0.1, 0.15) is 32.9 Å². The second kappa shape index (κ2) is 8.54. The van der Waals surface area contributed by atoms with Crippen LogP contribution in [0, 0.1) is 13.8 Å². The number of aryl methyl sites for hydroxylation is 2. The van der Waals surface area contributed by atoms with E-state index < -0.39 is 26.1 Å². The maximum absolute atomic E-state index is 12.6. The SMILES string of the molecule is Cc1cc(C)n(Cc2cccc(CNC(=O)c3ccc(S(=O)(=O)C(F)(F)F)cc3)c2)n1. The fourth-order valence-corrected chi connectivity index (χ4v) is 3.81. The molecule has 0 fully saturated rings. The maximum Gasteiger partial charge on any atom is 0.501 e. The van der Waals surface area contributed by atoms with E-state index in [1.807, 2.05) is 48.9 Å². The highest BCUT2D eigenvalue weighted by Crippen LogP contribution is 2.30. The number of hydrogen-bond acceptors (Lipinski definition) is 4. The maximum atomic E-state index is 12.6. The first-order valence-corrected chi connectivity index (χ1v) is 10.7. The van der Waals surface area contributed by atoms with Crippen molar-refractivity contribution in [3.8, 4) is 0 Å². The number of alkyl halides is 3. The van der Waals surface area contributed by atoms with E-state index in [1.54, 1.807) is 0 Å². The van der Waals surface area contributed by atoms with E-state index in [1.165, 1.54) is 0 Å². The Balaban J connectivity index is 1.65. The van der Waals surface area contributed by atoms with E-state index in [2.05, 4.69) is 10.4 Å². The van der Waals surface area contributed by atoms with Crippen LogP contribution in [0.25, 0.3) is 0 Å². The van der Waals surface area contributed by atoms with Crippen LogP contribution < -0.4 is 5.32 Å². The quantitative estimate of drug-likeness (QED) is 0.619. The van der Waals surface area contributed by atoms with Crippen LogP contribution in [0.4, 0.5) is 13.2 Å². The summed E-state index contributed by atoms with van der Waals surface area (Å²) >= 11 is 0. The van der Waals surface area contributed by atoms with Gasteiger partial charge in [0.25, 0.3) is 15.7 Å².